The molecule has 0 atom stereocenters. The molecule has 0 radical (unpaired) electrons. The van der Waals surface area contributed by atoms with E-state index in [1.54, 1.807) is 11.3 Å². The minimum atomic E-state index is -0.118. The largest absolute Gasteiger partial charge is 0.469 e. The van der Waals surface area contributed by atoms with Gasteiger partial charge in [-0.1, -0.05) is 18.9 Å². The number of nitrogens with one attached hydrogen (secondary N) is 2. The molecule has 2 N–H and O–H groups in total. The summed E-state index contributed by atoms with van der Waals surface area (Å²) in [5, 5.41) is 8.74. The van der Waals surface area contributed by atoms with E-state index in [0.29, 0.717) is 6.42 Å². The molecule has 0 aliphatic rings. The first kappa shape index (κ1) is 23.2. The standard InChI is InChI=1S/C17H29N3O2S.HI/c1-3-18-17(20-13-11-15-9-8-14-23-15)19-12-7-5-4-6-10-16(21)22-2;/h8-9,14H,3-7,10-13H2,1-2H3,(H2,18,19,20);1H. The summed E-state index contributed by atoms with van der Waals surface area (Å²) in [5.41, 5.74) is 0. The maximum atomic E-state index is 11.0. The number of unbranched alkanes of at least 4 members (excludes halogenated alkanes) is 3. The van der Waals surface area contributed by atoms with Crippen LogP contribution in [0.2, 0.25) is 0 Å². The molecule has 138 valence electrons. The fourth-order valence-corrected chi connectivity index (χ4v) is 2.84. The van der Waals surface area contributed by atoms with E-state index in [9.17, 15) is 4.79 Å². The summed E-state index contributed by atoms with van der Waals surface area (Å²) in [6.45, 7) is 4.64. The van der Waals surface area contributed by atoms with E-state index in [-0.39, 0.29) is 29.9 Å². The van der Waals surface area contributed by atoms with Crippen LogP contribution in [0.15, 0.2) is 22.5 Å². The fourth-order valence-electron chi connectivity index (χ4n) is 2.13. The monoisotopic (exact) mass is 467 g/mol. The number of aliphatic imine (C=N–C) groups is 1. The topological polar surface area (TPSA) is 62.7 Å². The molecule has 0 aliphatic carbocycles. The third-order valence-corrected chi connectivity index (χ3v) is 4.31. The van der Waals surface area contributed by atoms with E-state index in [0.717, 1.165) is 57.7 Å². The number of ether oxygens (including phenoxy) is 1. The van der Waals surface area contributed by atoms with Crippen LogP contribution in [0.25, 0.3) is 0 Å². The molecule has 1 heterocycles. The Kier molecular flexibility index (Phi) is 15.1. The van der Waals surface area contributed by atoms with Gasteiger partial charge in [0.25, 0.3) is 0 Å². The number of guanidine groups is 1. The van der Waals surface area contributed by atoms with Gasteiger partial charge in [0.05, 0.1) is 7.11 Å². The van der Waals surface area contributed by atoms with Crippen LogP contribution in [0.3, 0.4) is 0 Å². The van der Waals surface area contributed by atoms with Gasteiger partial charge >= 0.3 is 5.97 Å². The first-order valence-corrected chi connectivity index (χ1v) is 9.25. The first-order valence-electron chi connectivity index (χ1n) is 8.37. The zero-order valence-corrected chi connectivity index (χ0v) is 17.8. The maximum Gasteiger partial charge on any atom is 0.305 e. The number of esters is 1. The number of halogens is 1. The van der Waals surface area contributed by atoms with Gasteiger partial charge < -0.3 is 15.4 Å². The van der Waals surface area contributed by atoms with Gasteiger partial charge in [-0.15, -0.1) is 35.3 Å². The van der Waals surface area contributed by atoms with Crippen LogP contribution >= 0.6 is 35.3 Å². The predicted octanol–water partition coefficient (Wildman–Crippen LogP) is 3.59. The normalized spacial score (nSPS) is 10.8. The Labute approximate surface area is 166 Å². The molecule has 5 nitrogen and oxygen atoms in total. The average molecular weight is 467 g/mol. The first-order chi connectivity index (χ1) is 11.3. The second kappa shape index (κ2) is 15.7. The van der Waals surface area contributed by atoms with Crippen molar-refractivity contribution in [2.45, 2.75) is 45.4 Å². The highest BCUT2D eigenvalue weighted by Gasteiger charge is 2.00. The Bertz CT molecular complexity index is 453. The maximum absolute atomic E-state index is 11.0. The molecule has 1 aromatic rings. The number of rotatable bonds is 11. The SMILES string of the molecule is CCNC(=NCCCCCCC(=O)OC)NCCc1cccs1.I. The molecule has 0 aliphatic heterocycles. The van der Waals surface area contributed by atoms with Crippen molar-refractivity contribution in [3.8, 4) is 0 Å². The molecular formula is C17H30IN3O2S. The van der Waals surface area contributed by atoms with E-state index in [4.69, 9.17) is 0 Å². The molecule has 0 aromatic carbocycles. The van der Waals surface area contributed by atoms with E-state index in [1.807, 2.05) is 0 Å². The Balaban J connectivity index is 0.00000529. The summed E-state index contributed by atoms with van der Waals surface area (Å²) in [6, 6.07) is 4.24. The lowest BCUT2D eigenvalue weighted by Gasteiger charge is -2.10. The van der Waals surface area contributed by atoms with Gasteiger partial charge in [-0.25, -0.2) is 0 Å². The Morgan fingerprint density at radius 1 is 1.25 bits per heavy atom. The predicted molar refractivity (Wildman–Crippen MR) is 113 cm³/mol. The molecular weight excluding hydrogens is 437 g/mol. The van der Waals surface area contributed by atoms with E-state index in [2.05, 4.69) is 44.8 Å². The second-order valence-corrected chi connectivity index (χ2v) is 6.29. The summed E-state index contributed by atoms with van der Waals surface area (Å²) in [5.74, 6) is 0.769. The summed E-state index contributed by atoms with van der Waals surface area (Å²) in [7, 11) is 1.44. The van der Waals surface area contributed by atoms with Crippen LogP contribution in [-0.4, -0.2) is 38.7 Å². The lowest BCUT2D eigenvalue weighted by Crippen LogP contribution is -2.38. The number of hydrogen-bond acceptors (Lipinski definition) is 4. The average Bonchev–Trinajstić information content (AvgIpc) is 3.07. The lowest BCUT2D eigenvalue weighted by molar-refractivity contribution is -0.140. The molecule has 0 saturated heterocycles. The van der Waals surface area contributed by atoms with Crippen molar-refractivity contribution in [3.63, 3.8) is 0 Å². The van der Waals surface area contributed by atoms with Crippen LogP contribution in [0, 0.1) is 0 Å². The van der Waals surface area contributed by atoms with E-state index < -0.39 is 0 Å². The van der Waals surface area contributed by atoms with Crippen molar-refractivity contribution in [2.75, 3.05) is 26.7 Å². The van der Waals surface area contributed by atoms with Gasteiger partial charge in [0.15, 0.2) is 5.96 Å². The molecule has 0 bridgehead atoms. The Morgan fingerprint density at radius 2 is 2.04 bits per heavy atom. The number of carbonyl (C=O) groups excluding carboxylic acids is 1. The zero-order valence-electron chi connectivity index (χ0n) is 14.7. The van der Waals surface area contributed by atoms with Crippen molar-refractivity contribution < 1.29 is 9.53 Å². The van der Waals surface area contributed by atoms with Crippen LogP contribution in [0.1, 0.15) is 43.9 Å². The quantitative estimate of drug-likeness (QED) is 0.172. The van der Waals surface area contributed by atoms with Gasteiger partial charge in [0, 0.05) is 30.9 Å². The van der Waals surface area contributed by atoms with Crippen LogP contribution < -0.4 is 10.6 Å². The van der Waals surface area contributed by atoms with Crippen molar-refractivity contribution in [1.82, 2.24) is 10.6 Å². The number of hydrogen-bond donors (Lipinski definition) is 2. The van der Waals surface area contributed by atoms with Gasteiger partial charge in [-0.2, -0.15) is 0 Å². The third kappa shape index (κ3) is 11.7. The van der Waals surface area contributed by atoms with Crippen LogP contribution in [0.5, 0.6) is 0 Å². The fraction of sp³-hybridized carbons (Fsp3) is 0.647. The van der Waals surface area contributed by atoms with Gasteiger partial charge in [0.2, 0.25) is 0 Å². The summed E-state index contributed by atoms with van der Waals surface area (Å²) in [6.07, 6.45) is 5.63. The number of carbonyl (C=O) groups is 1. The summed E-state index contributed by atoms with van der Waals surface area (Å²) < 4.78 is 4.62. The van der Waals surface area contributed by atoms with Crippen molar-refractivity contribution >= 4 is 47.2 Å². The molecule has 24 heavy (non-hydrogen) atoms. The summed E-state index contributed by atoms with van der Waals surface area (Å²) in [4.78, 5) is 17.0. The lowest BCUT2D eigenvalue weighted by atomic mass is 10.1. The number of nitrogens with zero attached hydrogens (tertiary/aromatic N) is 1. The molecule has 0 unspecified atom stereocenters. The summed E-state index contributed by atoms with van der Waals surface area (Å²) >= 11 is 1.79. The van der Waals surface area contributed by atoms with Crippen molar-refractivity contribution in [2.24, 2.45) is 4.99 Å². The van der Waals surface area contributed by atoms with Crippen molar-refractivity contribution in [1.29, 1.82) is 0 Å². The highest BCUT2D eigenvalue weighted by molar-refractivity contribution is 14.0. The highest BCUT2D eigenvalue weighted by Crippen LogP contribution is 2.08. The third-order valence-electron chi connectivity index (χ3n) is 3.37. The molecule has 0 amide bonds. The highest BCUT2D eigenvalue weighted by atomic mass is 127. The van der Waals surface area contributed by atoms with Gasteiger partial charge in [0.1, 0.15) is 0 Å². The van der Waals surface area contributed by atoms with Crippen LogP contribution in [-0.2, 0) is 16.0 Å². The second-order valence-electron chi connectivity index (χ2n) is 5.26. The Hall–Kier alpha value is -0.830. The molecule has 7 heteroatoms. The zero-order chi connectivity index (χ0) is 16.8. The van der Waals surface area contributed by atoms with Crippen LogP contribution in [0.4, 0.5) is 0 Å². The minimum absolute atomic E-state index is 0. The minimum Gasteiger partial charge on any atom is -0.469 e. The number of methoxy groups -OCH3 is 1. The molecule has 0 saturated carbocycles. The van der Waals surface area contributed by atoms with E-state index in [1.165, 1.54) is 12.0 Å². The van der Waals surface area contributed by atoms with Gasteiger partial charge in [-0.3, -0.25) is 9.79 Å². The van der Waals surface area contributed by atoms with Gasteiger partial charge in [-0.05, 0) is 37.6 Å². The molecule has 0 spiro atoms. The molecule has 1 aromatic heterocycles. The smallest absolute Gasteiger partial charge is 0.305 e. The molecule has 1 rings (SSSR count). The Morgan fingerprint density at radius 3 is 2.71 bits per heavy atom. The van der Waals surface area contributed by atoms with Crippen molar-refractivity contribution in [3.05, 3.63) is 22.4 Å². The van der Waals surface area contributed by atoms with E-state index >= 15 is 0 Å². The number of thiophene rings is 1. The molecule has 0 fully saturated rings.